The number of methoxy groups -OCH3 is 2. The van der Waals surface area contributed by atoms with Gasteiger partial charge >= 0.3 is 16.2 Å². The molecule has 3 rings (SSSR count). The summed E-state index contributed by atoms with van der Waals surface area (Å²) in [6.07, 6.45) is -0.676. The predicted octanol–water partition coefficient (Wildman–Crippen LogP) is 2.58. The van der Waals surface area contributed by atoms with Gasteiger partial charge in [0, 0.05) is 6.07 Å². The molecule has 0 atom stereocenters. The maximum absolute atomic E-state index is 12.3. The number of benzene rings is 1. The van der Waals surface area contributed by atoms with Crippen LogP contribution >= 0.6 is 11.3 Å². The van der Waals surface area contributed by atoms with E-state index in [1.165, 1.54) is 32.4 Å². The average molecular weight is 383 g/mol. The number of H-pyrrole nitrogens is 1. The molecule has 0 aliphatic heterocycles. The van der Waals surface area contributed by atoms with Crippen LogP contribution < -0.4 is 14.2 Å². The summed E-state index contributed by atoms with van der Waals surface area (Å²) in [4.78, 5) is 18.1. The van der Waals surface area contributed by atoms with Crippen molar-refractivity contribution in [1.82, 2.24) is 9.97 Å². The Morgan fingerprint density at radius 1 is 1.24 bits per heavy atom. The number of aromatic amines is 1. The first-order valence-electron chi connectivity index (χ1n) is 6.84. The van der Waals surface area contributed by atoms with Gasteiger partial charge in [-0.15, -0.1) is 0 Å². The van der Waals surface area contributed by atoms with Crippen molar-refractivity contribution >= 4 is 44.5 Å². The van der Waals surface area contributed by atoms with E-state index < -0.39 is 16.2 Å². The summed E-state index contributed by atoms with van der Waals surface area (Å²) in [6.45, 7) is 0. The molecule has 132 valence electrons. The summed E-state index contributed by atoms with van der Waals surface area (Å²) < 4.78 is 39.2. The molecular weight excluding hydrogens is 370 g/mol. The predicted molar refractivity (Wildman–Crippen MR) is 90.8 cm³/mol. The van der Waals surface area contributed by atoms with E-state index in [1.807, 2.05) is 0 Å². The van der Waals surface area contributed by atoms with Gasteiger partial charge in [0.25, 0.3) is 0 Å². The summed E-state index contributed by atoms with van der Waals surface area (Å²) >= 11 is 0.959. The summed E-state index contributed by atoms with van der Waals surface area (Å²) in [6, 6.07) is 7.45. The number of nitrogens with one attached hydrogen (secondary N) is 2. The molecule has 1 amide bonds. The van der Waals surface area contributed by atoms with Crippen molar-refractivity contribution in [3.8, 4) is 10.8 Å². The standard InChI is InChI=1S/C14H13N3O6S2/c1-21-11-5-6-12(24-11)25(19,20)23-8-3-4-9-10(7-8)16-13(15-9)17-14(18)22-2/h3-7H,1-2H3,(H2,15,16,17,18). The molecule has 2 N–H and O–H groups in total. The maximum Gasteiger partial charge on any atom is 0.413 e. The highest BCUT2D eigenvalue weighted by atomic mass is 32.3. The lowest BCUT2D eigenvalue weighted by Crippen LogP contribution is -2.11. The summed E-state index contributed by atoms with van der Waals surface area (Å²) in [5.41, 5.74) is 1.01. The zero-order valence-corrected chi connectivity index (χ0v) is 14.7. The molecule has 0 spiro atoms. The lowest BCUT2D eigenvalue weighted by atomic mass is 10.3. The third kappa shape index (κ3) is 3.67. The van der Waals surface area contributed by atoms with Gasteiger partial charge in [-0.1, -0.05) is 11.3 Å². The fourth-order valence-corrected chi connectivity index (χ4v) is 3.95. The molecule has 11 heteroatoms. The molecule has 0 saturated heterocycles. The van der Waals surface area contributed by atoms with Gasteiger partial charge in [-0.25, -0.2) is 9.78 Å². The second kappa shape index (κ2) is 6.61. The van der Waals surface area contributed by atoms with Gasteiger partial charge in [0.05, 0.1) is 25.3 Å². The molecule has 0 fully saturated rings. The Balaban J connectivity index is 1.85. The van der Waals surface area contributed by atoms with Crippen LogP contribution in [0.4, 0.5) is 10.7 Å². The van der Waals surface area contributed by atoms with E-state index in [1.54, 1.807) is 12.1 Å². The molecule has 0 unspecified atom stereocenters. The number of thiophene rings is 1. The number of fused-ring (bicyclic) bond motifs is 1. The Morgan fingerprint density at radius 3 is 2.72 bits per heavy atom. The van der Waals surface area contributed by atoms with Gasteiger partial charge in [0.2, 0.25) is 5.95 Å². The van der Waals surface area contributed by atoms with Crippen molar-refractivity contribution in [3.63, 3.8) is 0 Å². The molecule has 0 aliphatic carbocycles. The summed E-state index contributed by atoms with van der Waals surface area (Å²) in [5.74, 6) is 0.276. The molecule has 1 aromatic carbocycles. The molecule has 2 aromatic heterocycles. The minimum absolute atomic E-state index is 0.0297. The zero-order chi connectivity index (χ0) is 18.0. The number of carbonyl (C=O) groups excluding carboxylic acids is 1. The van der Waals surface area contributed by atoms with E-state index in [9.17, 15) is 13.2 Å². The van der Waals surface area contributed by atoms with E-state index in [2.05, 4.69) is 20.0 Å². The molecule has 3 aromatic rings. The lowest BCUT2D eigenvalue weighted by molar-refractivity contribution is 0.186. The average Bonchev–Trinajstić information content (AvgIpc) is 3.20. The Labute approximate surface area is 146 Å². The van der Waals surface area contributed by atoms with Crippen molar-refractivity contribution in [2.45, 2.75) is 4.21 Å². The van der Waals surface area contributed by atoms with E-state index >= 15 is 0 Å². The Bertz CT molecular complexity index is 1020. The van der Waals surface area contributed by atoms with Crippen LogP contribution in [0.1, 0.15) is 0 Å². The van der Waals surface area contributed by atoms with Gasteiger partial charge < -0.3 is 18.6 Å². The third-order valence-electron chi connectivity index (χ3n) is 3.07. The van der Waals surface area contributed by atoms with Crippen molar-refractivity contribution in [1.29, 1.82) is 0 Å². The number of amides is 1. The SMILES string of the molecule is COC(=O)Nc1nc2ccc(OS(=O)(=O)c3ccc(OC)s3)cc2[nH]1. The fraction of sp³-hybridized carbons (Fsp3) is 0.143. The molecule has 25 heavy (non-hydrogen) atoms. The lowest BCUT2D eigenvalue weighted by Gasteiger charge is -2.04. The van der Waals surface area contributed by atoms with Gasteiger partial charge in [-0.2, -0.15) is 8.42 Å². The first kappa shape index (κ1) is 17.0. The van der Waals surface area contributed by atoms with Gasteiger partial charge in [0.15, 0.2) is 9.27 Å². The second-order valence-electron chi connectivity index (χ2n) is 4.70. The molecule has 2 heterocycles. The molecule has 0 radical (unpaired) electrons. The van der Waals surface area contributed by atoms with E-state index in [0.29, 0.717) is 16.1 Å². The zero-order valence-electron chi connectivity index (χ0n) is 13.1. The Hall–Kier alpha value is -2.79. The van der Waals surface area contributed by atoms with Crippen LogP contribution in [0.15, 0.2) is 34.5 Å². The molecule has 9 nitrogen and oxygen atoms in total. The van der Waals surface area contributed by atoms with Gasteiger partial charge in [0.1, 0.15) is 5.75 Å². The number of aromatic nitrogens is 2. The van der Waals surface area contributed by atoms with Crippen molar-refractivity contribution < 1.29 is 26.9 Å². The van der Waals surface area contributed by atoms with Crippen molar-refractivity contribution in [2.24, 2.45) is 0 Å². The van der Waals surface area contributed by atoms with Crippen LogP contribution in [0, 0.1) is 0 Å². The minimum Gasteiger partial charge on any atom is -0.487 e. The molecular formula is C14H13N3O6S2. The van der Waals surface area contributed by atoms with Crippen LogP contribution in [-0.2, 0) is 14.9 Å². The smallest absolute Gasteiger partial charge is 0.413 e. The van der Waals surface area contributed by atoms with E-state index in [0.717, 1.165) is 11.3 Å². The largest absolute Gasteiger partial charge is 0.487 e. The number of rotatable bonds is 5. The number of hydrogen-bond acceptors (Lipinski definition) is 8. The van der Waals surface area contributed by atoms with Crippen LogP contribution in [0.3, 0.4) is 0 Å². The maximum atomic E-state index is 12.3. The van der Waals surface area contributed by atoms with Gasteiger partial charge in [-0.3, -0.25) is 5.32 Å². The highest BCUT2D eigenvalue weighted by molar-refractivity contribution is 7.89. The van der Waals surface area contributed by atoms with Crippen LogP contribution in [0.2, 0.25) is 0 Å². The van der Waals surface area contributed by atoms with E-state index in [-0.39, 0.29) is 15.9 Å². The van der Waals surface area contributed by atoms with Crippen LogP contribution in [0.5, 0.6) is 10.8 Å². The number of imidazole rings is 1. The molecule has 0 aliphatic rings. The highest BCUT2D eigenvalue weighted by Crippen LogP contribution is 2.30. The van der Waals surface area contributed by atoms with E-state index in [4.69, 9.17) is 8.92 Å². The molecule has 0 saturated carbocycles. The monoisotopic (exact) mass is 383 g/mol. The normalized spacial score (nSPS) is 11.3. The van der Waals surface area contributed by atoms with Crippen molar-refractivity contribution in [2.75, 3.05) is 19.5 Å². The second-order valence-corrected chi connectivity index (χ2v) is 7.52. The first-order valence-corrected chi connectivity index (χ1v) is 9.07. The number of nitrogens with zero attached hydrogens (tertiary/aromatic N) is 1. The topological polar surface area (TPSA) is 120 Å². The number of hydrogen-bond donors (Lipinski definition) is 2. The Morgan fingerprint density at radius 2 is 2.04 bits per heavy atom. The minimum atomic E-state index is -3.97. The van der Waals surface area contributed by atoms with Crippen LogP contribution in [-0.4, -0.2) is 38.7 Å². The summed E-state index contributed by atoms with van der Waals surface area (Å²) in [7, 11) is -1.29. The number of carbonyl (C=O) groups is 1. The number of ether oxygens (including phenoxy) is 2. The number of anilines is 1. The highest BCUT2D eigenvalue weighted by Gasteiger charge is 2.20. The third-order valence-corrected chi connectivity index (χ3v) is 5.81. The van der Waals surface area contributed by atoms with Gasteiger partial charge in [-0.05, 0) is 24.3 Å². The Kier molecular flexibility index (Phi) is 4.51. The van der Waals surface area contributed by atoms with Crippen LogP contribution in [0.25, 0.3) is 11.0 Å². The van der Waals surface area contributed by atoms with Crippen molar-refractivity contribution in [3.05, 3.63) is 30.3 Å². The quantitative estimate of drug-likeness (QED) is 0.650. The summed E-state index contributed by atoms with van der Waals surface area (Å²) in [5, 5.41) is 2.85. The molecule has 0 bridgehead atoms. The fourth-order valence-electron chi connectivity index (χ4n) is 1.96. The first-order chi connectivity index (χ1) is 11.9.